The average Bonchev–Trinajstić information content (AvgIpc) is 2.76. The minimum Gasteiger partial charge on any atom is -1.00 e. The maximum absolute atomic E-state index is 2.39. The van der Waals surface area contributed by atoms with Gasteiger partial charge in [0.2, 0.25) is 0 Å². The Morgan fingerprint density at radius 3 is 1.35 bits per heavy atom. The van der Waals surface area contributed by atoms with Crippen LogP contribution in [0.3, 0.4) is 0 Å². The molecule has 31 heavy (non-hydrogen) atoms. The molecular formula is C29H54ClN. The van der Waals surface area contributed by atoms with E-state index in [0.717, 1.165) is 4.48 Å². The van der Waals surface area contributed by atoms with Gasteiger partial charge in [-0.25, -0.2) is 0 Å². The molecule has 0 aliphatic carbocycles. The SMILES string of the molecule is CCCCCCCCCCCCCCCCCCC(c1ccccc1)[N+](C)(C)CC.[Cl-]. The summed E-state index contributed by atoms with van der Waals surface area (Å²) in [7, 11) is 4.79. The second kappa shape index (κ2) is 20.1. The molecule has 0 spiro atoms. The Morgan fingerprint density at radius 2 is 0.968 bits per heavy atom. The van der Waals surface area contributed by atoms with Crippen LogP contribution in [0.5, 0.6) is 0 Å². The summed E-state index contributed by atoms with van der Waals surface area (Å²) in [6, 6.07) is 11.8. The molecule has 1 rings (SSSR count). The number of quaternary nitrogens is 1. The van der Waals surface area contributed by atoms with Gasteiger partial charge in [0.1, 0.15) is 6.04 Å². The first-order valence-electron chi connectivity index (χ1n) is 13.5. The van der Waals surface area contributed by atoms with Crippen molar-refractivity contribution < 1.29 is 16.9 Å². The second-order valence-electron chi connectivity index (χ2n) is 10.1. The van der Waals surface area contributed by atoms with Gasteiger partial charge < -0.3 is 16.9 Å². The maximum Gasteiger partial charge on any atom is 0.114 e. The molecule has 182 valence electrons. The highest BCUT2D eigenvalue weighted by molar-refractivity contribution is 5.17. The van der Waals surface area contributed by atoms with E-state index in [0.29, 0.717) is 6.04 Å². The first kappa shape index (κ1) is 30.5. The Balaban J connectivity index is 0.00000900. The van der Waals surface area contributed by atoms with Crippen molar-refractivity contribution in [2.24, 2.45) is 0 Å². The van der Waals surface area contributed by atoms with E-state index in [1.165, 1.54) is 121 Å². The number of rotatable bonds is 20. The quantitative estimate of drug-likeness (QED) is 0.157. The van der Waals surface area contributed by atoms with Crippen LogP contribution in [0.15, 0.2) is 30.3 Å². The molecular weight excluding hydrogens is 398 g/mol. The minimum atomic E-state index is 0. The molecule has 1 unspecified atom stereocenters. The molecule has 0 fully saturated rings. The first-order chi connectivity index (χ1) is 14.6. The highest BCUT2D eigenvalue weighted by atomic mass is 35.5. The van der Waals surface area contributed by atoms with E-state index in [1.54, 1.807) is 0 Å². The van der Waals surface area contributed by atoms with E-state index in [4.69, 9.17) is 0 Å². The number of hydrogen-bond donors (Lipinski definition) is 0. The van der Waals surface area contributed by atoms with Crippen LogP contribution in [-0.2, 0) is 0 Å². The van der Waals surface area contributed by atoms with E-state index < -0.39 is 0 Å². The van der Waals surface area contributed by atoms with Crippen LogP contribution in [0.2, 0.25) is 0 Å². The molecule has 1 atom stereocenters. The normalized spacial score (nSPS) is 12.5. The lowest BCUT2D eigenvalue weighted by Gasteiger charge is -2.37. The lowest BCUT2D eigenvalue weighted by atomic mass is 9.96. The number of nitrogens with zero attached hydrogens (tertiary/aromatic N) is 1. The zero-order valence-electron chi connectivity index (χ0n) is 21.5. The number of halogens is 1. The molecule has 0 saturated carbocycles. The molecule has 0 aliphatic rings. The molecule has 0 radical (unpaired) electrons. The standard InChI is InChI=1S/C29H54N.ClH/c1-5-7-8-9-10-11-12-13-14-15-16-17-18-19-20-24-27-29(30(3,4)6-2)28-25-22-21-23-26-28;/h21-23,25-26,29H,5-20,24,27H2,1-4H3;1H/q+1;/p-1. The third kappa shape index (κ3) is 15.0. The Kier molecular flexibility index (Phi) is 19.8. The minimum absolute atomic E-state index is 0. The largest absolute Gasteiger partial charge is 1.00 e. The smallest absolute Gasteiger partial charge is 0.114 e. The summed E-state index contributed by atoms with van der Waals surface area (Å²) < 4.78 is 1.10. The summed E-state index contributed by atoms with van der Waals surface area (Å²) in [5.74, 6) is 0. The monoisotopic (exact) mass is 451 g/mol. The molecule has 1 nitrogen and oxygen atoms in total. The molecule has 0 bridgehead atoms. The fourth-order valence-corrected chi connectivity index (χ4v) is 4.70. The van der Waals surface area contributed by atoms with E-state index in [2.05, 4.69) is 58.3 Å². The first-order valence-corrected chi connectivity index (χ1v) is 13.5. The lowest BCUT2D eigenvalue weighted by molar-refractivity contribution is -0.920. The Labute approximate surface area is 202 Å². The molecule has 0 amide bonds. The Bertz CT molecular complexity index is 485. The number of benzene rings is 1. The van der Waals surface area contributed by atoms with Crippen molar-refractivity contribution in [3.05, 3.63) is 35.9 Å². The van der Waals surface area contributed by atoms with E-state index in [-0.39, 0.29) is 12.4 Å². The number of hydrogen-bond acceptors (Lipinski definition) is 0. The second-order valence-corrected chi connectivity index (χ2v) is 10.1. The van der Waals surface area contributed by atoms with Crippen molar-refractivity contribution in [3.63, 3.8) is 0 Å². The fourth-order valence-electron chi connectivity index (χ4n) is 4.70. The highest BCUT2D eigenvalue weighted by Gasteiger charge is 2.27. The molecule has 1 aromatic carbocycles. The van der Waals surface area contributed by atoms with Gasteiger partial charge >= 0.3 is 0 Å². The van der Waals surface area contributed by atoms with Crippen LogP contribution in [-0.4, -0.2) is 25.1 Å². The van der Waals surface area contributed by atoms with Gasteiger partial charge in [0.15, 0.2) is 0 Å². The van der Waals surface area contributed by atoms with Crippen LogP contribution in [0.1, 0.15) is 135 Å². The van der Waals surface area contributed by atoms with Crippen LogP contribution >= 0.6 is 0 Å². The average molecular weight is 452 g/mol. The molecule has 1 aromatic rings. The fraction of sp³-hybridized carbons (Fsp3) is 0.793. The third-order valence-corrected chi connectivity index (χ3v) is 7.17. The predicted octanol–water partition coefficient (Wildman–Crippen LogP) is 6.48. The van der Waals surface area contributed by atoms with Gasteiger partial charge in [-0.3, -0.25) is 0 Å². The van der Waals surface area contributed by atoms with Crippen molar-refractivity contribution in [1.82, 2.24) is 0 Å². The van der Waals surface area contributed by atoms with Gasteiger partial charge in [-0.1, -0.05) is 134 Å². The molecule has 2 heteroatoms. The van der Waals surface area contributed by atoms with Crippen LogP contribution in [0.25, 0.3) is 0 Å². The van der Waals surface area contributed by atoms with Crippen molar-refractivity contribution in [2.45, 2.75) is 129 Å². The van der Waals surface area contributed by atoms with E-state index >= 15 is 0 Å². The summed E-state index contributed by atoms with van der Waals surface area (Å²) in [4.78, 5) is 0. The molecule has 0 aliphatic heterocycles. The number of unbranched alkanes of at least 4 members (excludes halogenated alkanes) is 15. The van der Waals surface area contributed by atoms with Gasteiger partial charge in [-0.05, 0) is 13.3 Å². The van der Waals surface area contributed by atoms with Crippen molar-refractivity contribution in [2.75, 3.05) is 20.6 Å². The summed E-state index contributed by atoms with van der Waals surface area (Å²) in [6.07, 6.45) is 24.4. The summed E-state index contributed by atoms with van der Waals surface area (Å²) in [5, 5.41) is 0. The summed E-state index contributed by atoms with van der Waals surface area (Å²) in [5.41, 5.74) is 1.52. The van der Waals surface area contributed by atoms with Crippen molar-refractivity contribution in [1.29, 1.82) is 0 Å². The van der Waals surface area contributed by atoms with Gasteiger partial charge in [-0.2, -0.15) is 0 Å². The molecule has 0 aromatic heterocycles. The van der Waals surface area contributed by atoms with Crippen LogP contribution in [0, 0.1) is 0 Å². The summed E-state index contributed by atoms with van der Waals surface area (Å²) in [6.45, 7) is 5.82. The molecule has 0 N–H and O–H groups in total. The van der Waals surface area contributed by atoms with Gasteiger partial charge in [0.05, 0.1) is 20.6 Å². The zero-order valence-corrected chi connectivity index (χ0v) is 22.3. The Hall–Kier alpha value is -0.530. The van der Waals surface area contributed by atoms with Gasteiger partial charge in [0.25, 0.3) is 0 Å². The zero-order chi connectivity index (χ0) is 21.9. The molecule has 0 saturated heterocycles. The van der Waals surface area contributed by atoms with Crippen LogP contribution < -0.4 is 12.4 Å². The predicted molar refractivity (Wildman–Crippen MR) is 136 cm³/mol. The lowest BCUT2D eigenvalue weighted by Crippen LogP contribution is -3.00. The Morgan fingerprint density at radius 1 is 0.581 bits per heavy atom. The third-order valence-electron chi connectivity index (χ3n) is 7.17. The molecule has 0 heterocycles. The van der Waals surface area contributed by atoms with Crippen molar-refractivity contribution in [3.8, 4) is 0 Å². The van der Waals surface area contributed by atoms with Crippen LogP contribution in [0.4, 0.5) is 0 Å². The van der Waals surface area contributed by atoms with E-state index in [1.807, 2.05) is 0 Å². The highest BCUT2D eigenvalue weighted by Crippen LogP contribution is 2.30. The van der Waals surface area contributed by atoms with Gasteiger partial charge in [0, 0.05) is 12.0 Å². The maximum atomic E-state index is 2.39. The summed E-state index contributed by atoms with van der Waals surface area (Å²) >= 11 is 0. The van der Waals surface area contributed by atoms with Crippen molar-refractivity contribution >= 4 is 0 Å². The van der Waals surface area contributed by atoms with Gasteiger partial charge in [-0.15, -0.1) is 0 Å². The topological polar surface area (TPSA) is 0 Å². The van der Waals surface area contributed by atoms with E-state index in [9.17, 15) is 0 Å².